The van der Waals surface area contributed by atoms with Gasteiger partial charge in [0, 0.05) is 10.9 Å². The van der Waals surface area contributed by atoms with Crippen LogP contribution in [-0.2, 0) is 0 Å². The van der Waals surface area contributed by atoms with E-state index in [0.29, 0.717) is 27.9 Å². The molecule has 0 spiro atoms. The molecule has 3 aromatic rings. The normalized spacial score (nSPS) is 11.0. The van der Waals surface area contributed by atoms with Crippen LogP contribution >= 0.6 is 27.3 Å². The highest BCUT2D eigenvalue weighted by Crippen LogP contribution is 2.35. The van der Waals surface area contributed by atoms with Crippen molar-refractivity contribution in [2.75, 3.05) is 19.6 Å². The highest BCUT2D eigenvalue weighted by Gasteiger charge is 2.10. The third-order valence-corrected chi connectivity index (χ3v) is 4.89. The number of hydrogen-bond donors (Lipinski definition) is 1. The first-order valence-corrected chi connectivity index (χ1v) is 9.30. The molecule has 0 aliphatic carbocycles. The molecule has 0 amide bonds. The van der Waals surface area contributed by atoms with Crippen molar-refractivity contribution in [1.29, 1.82) is 0 Å². The van der Waals surface area contributed by atoms with Gasteiger partial charge in [-0.1, -0.05) is 0 Å². The molecule has 1 N–H and O–H groups in total. The molecule has 5 nitrogen and oxygen atoms in total. The Morgan fingerprint density at radius 3 is 2.67 bits per heavy atom. The molecular formula is C18H14BrF2N3O2S. The van der Waals surface area contributed by atoms with Crippen molar-refractivity contribution in [3.63, 3.8) is 0 Å². The Hall–Kier alpha value is -2.52. The van der Waals surface area contributed by atoms with E-state index in [9.17, 15) is 8.78 Å². The van der Waals surface area contributed by atoms with Gasteiger partial charge in [0.05, 0.1) is 30.6 Å². The fourth-order valence-electron chi connectivity index (χ4n) is 2.29. The Kier molecular flexibility index (Phi) is 6.02. The Labute approximate surface area is 166 Å². The number of methoxy groups -OCH3 is 2. The van der Waals surface area contributed by atoms with Crippen molar-refractivity contribution < 1.29 is 18.3 Å². The molecule has 2 aromatic carbocycles. The standard InChI is InChI=1S/C18H14BrF2N3O2S/c1-25-16-6-10(5-12(19)17(16)26-2)8-22-24-18-23-15(9-27-18)11-3-4-13(20)14(21)7-11/h3-9H,1-2H3,(H,23,24). The monoisotopic (exact) mass is 453 g/mol. The van der Waals surface area contributed by atoms with Crippen molar-refractivity contribution in [3.05, 3.63) is 57.4 Å². The third kappa shape index (κ3) is 4.42. The van der Waals surface area contributed by atoms with Gasteiger partial charge in [-0.15, -0.1) is 11.3 Å². The fourth-order valence-corrected chi connectivity index (χ4v) is 3.58. The number of benzene rings is 2. The van der Waals surface area contributed by atoms with E-state index in [0.717, 1.165) is 22.2 Å². The van der Waals surface area contributed by atoms with Gasteiger partial charge in [0.25, 0.3) is 0 Å². The lowest BCUT2D eigenvalue weighted by molar-refractivity contribution is 0.353. The summed E-state index contributed by atoms with van der Waals surface area (Å²) in [7, 11) is 3.11. The molecule has 140 valence electrons. The van der Waals surface area contributed by atoms with Crippen LogP contribution in [0, 0.1) is 11.6 Å². The number of halogens is 3. The molecule has 9 heteroatoms. The molecule has 0 unspecified atom stereocenters. The average molecular weight is 454 g/mol. The van der Waals surface area contributed by atoms with Crippen molar-refractivity contribution >= 4 is 38.6 Å². The summed E-state index contributed by atoms with van der Waals surface area (Å²) >= 11 is 4.72. The van der Waals surface area contributed by atoms with Crippen LogP contribution in [-0.4, -0.2) is 25.4 Å². The second-order valence-corrected chi connectivity index (χ2v) is 6.99. The number of rotatable bonds is 6. The Morgan fingerprint density at radius 2 is 1.96 bits per heavy atom. The summed E-state index contributed by atoms with van der Waals surface area (Å²) in [6.45, 7) is 0. The highest BCUT2D eigenvalue weighted by atomic mass is 79.9. The minimum absolute atomic E-state index is 0.492. The molecule has 3 rings (SSSR count). The molecule has 0 atom stereocenters. The van der Waals surface area contributed by atoms with E-state index >= 15 is 0 Å². The lowest BCUT2D eigenvalue weighted by Gasteiger charge is -2.10. The van der Waals surface area contributed by atoms with Crippen LogP contribution < -0.4 is 14.9 Å². The van der Waals surface area contributed by atoms with Gasteiger partial charge in [-0.05, 0) is 51.8 Å². The second kappa shape index (κ2) is 8.45. The molecule has 0 bridgehead atoms. The summed E-state index contributed by atoms with van der Waals surface area (Å²) in [4.78, 5) is 4.31. The predicted molar refractivity (Wildman–Crippen MR) is 106 cm³/mol. The van der Waals surface area contributed by atoms with E-state index in [1.54, 1.807) is 31.9 Å². The summed E-state index contributed by atoms with van der Waals surface area (Å²) < 4.78 is 37.7. The first kappa shape index (κ1) is 19.2. The highest BCUT2D eigenvalue weighted by molar-refractivity contribution is 9.10. The molecular weight excluding hydrogens is 440 g/mol. The number of nitrogens with one attached hydrogen (secondary N) is 1. The van der Waals surface area contributed by atoms with Gasteiger partial charge in [0.1, 0.15) is 0 Å². The van der Waals surface area contributed by atoms with Crippen LogP contribution in [0.4, 0.5) is 13.9 Å². The third-order valence-electron chi connectivity index (χ3n) is 3.55. The van der Waals surface area contributed by atoms with Crippen LogP contribution in [0.2, 0.25) is 0 Å². The number of hydrazone groups is 1. The number of ether oxygens (including phenoxy) is 2. The Morgan fingerprint density at radius 1 is 1.15 bits per heavy atom. The fraction of sp³-hybridized carbons (Fsp3) is 0.111. The van der Waals surface area contributed by atoms with E-state index in [4.69, 9.17) is 9.47 Å². The zero-order chi connectivity index (χ0) is 19.4. The summed E-state index contributed by atoms with van der Waals surface area (Å²) in [6, 6.07) is 7.27. The van der Waals surface area contributed by atoms with E-state index < -0.39 is 11.6 Å². The van der Waals surface area contributed by atoms with E-state index in [1.165, 1.54) is 17.4 Å². The maximum absolute atomic E-state index is 13.3. The van der Waals surface area contributed by atoms with Crippen LogP contribution in [0.25, 0.3) is 11.3 Å². The zero-order valence-corrected chi connectivity index (χ0v) is 16.7. The number of aromatic nitrogens is 1. The first-order chi connectivity index (χ1) is 13.0. The zero-order valence-electron chi connectivity index (χ0n) is 14.3. The Bertz CT molecular complexity index is 995. The SMILES string of the molecule is COc1cc(C=NNc2nc(-c3ccc(F)c(F)c3)cs2)cc(Br)c1OC. The Balaban J connectivity index is 1.73. The first-order valence-electron chi connectivity index (χ1n) is 7.63. The van der Waals surface area contributed by atoms with Crippen molar-refractivity contribution in [2.45, 2.75) is 0 Å². The quantitative estimate of drug-likeness (QED) is 0.405. The number of nitrogens with zero attached hydrogens (tertiary/aromatic N) is 2. The van der Waals surface area contributed by atoms with E-state index in [2.05, 4.69) is 31.4 Å². The van der Waals surface area contributed by atoms with Gasteiger partial charge in [0.2, 0.25) is 5.13 Å². The molecule has 0 saturated carbocycles. The summed E-state index contributed by atoms with van der Waals surface area (Å²) in [5.74, 6) is -0.632. The van der Waals surface area contributed by atoms with Crippen molar-refractivity contribution in [1.82, 2.24) is 4.98 Å². The van der Waals surface area contributed by atoms with Gasteiger partial charge in [-0.2, -0.15) is 5.10 Å². The molecule has 0 aliphatic rings. The lowest BCUT2D eigenvalue weighted by atomic mass is 10.2. The maximum atomic E-state index is 13.3. The smallest absolute Gasteiger partial charge is 0.203 e. The molecule has 27 heavy (non-hydrogen) atoms. The number of hydrogen-bond acceptors (Lipinski definition) is 6. The van der Waals surface area contributed by atoms with Crippen LogP contribution in [0.1, 0.15) is 5.56 Å². The van der Waals surface area contributed by atoms with Gasteiger partial charge < -0.3 is 9.47 Å². The summed E-state index contributed by atoms with van der Waals surface area (Å²) in [6.07, 6.45) is 1.60. The minimum atomic E-state index is -0.910. The van der Waals surface area contributed by atoms with Gasteiger partial charge in [-0.3, -0.25) is 5.43 Å². The lowest BCUT2D eigenvalue weighted by Crippen LogP contribution is -1.95. The van der Waals surface area contributed by atoms with Gasteiger partial charge >= 0.3 is 0 Å². The molecule has 1 heterocycles. The maximum Gasteiger partial charge on any atom is 0.203 e. The molecule has 0 saturated heterocycles. The predicted octanol–water partition coefficient (Wildman–Crippen LogP) is 5.31. The molecule has 1 aromatic heterocycles. The molecule has 0 fully saturated rings. The van der Waals surface area contributed by atoms with Gasteiger partial charge in [-0.25, -0.2) is 13.8 Å². The largest absolute Gasteiger partial charge is 0.493 e. The van der Waals surface area contributed by atoms with Crippen molar-refractivity contribution in [3.8, 4) is 22.8 Å². The number of thiazole rings is 1. The topological polar surface area (TPSA) is 55.7 Å². The summed E-state index contributed by atoms with van der Waals surface area (Å²) in [5.41, 5.74) is 4.62. The van der Waals surface area contributed by atoms with Crippen LogP contribution in [0.5, 0.6) is 11.5 Å². The minimum Gasteiger partial charge on any atom is -0.493 e. The van der Waals surface area contributed by atoms with Gasteiger partial charge in [0.15, 0.2) is 23.1 Å². The van der Waals surface area contributed by atoms with E-state index in [1.807, 2.05) is 6.07 Å². The molecule has 0 aliphatic heterocycles. The molecule has 0 radical (unpaired) electrons. The average Bonchev–Trinajstić information content (AvgIpc) is 3.12. The van der Waals surface area contributed by atoms with Crippen molar-refractivity contribution in [2.24, 2.45) is 5.10 Å². The second-order valence-electron chi connectivity index (χ2n) is 5.28. The van der Waals surface area contributed by atoms with Crippen LogP contribution in [0.3, 0.4) is 0 Å². The number of anilines is 1. The van der Waals surface area contributed by atoms with E-state index in [-0.39, 0.29) is 0 Å². The van der Waals surface area contributed by atoms with Crippen LogP contribution in [0.15, 0.2) is 45.3 Å². The summed E-state index contributed by atoms with van der Waals surface area (Å²) in [5, 5.41) is 6.40.